The molecule has 0 fully saturated rings. The van der Waals surface area contributed by atoms with Crippen LogP contribution in [0.4, 0.5) is 0 Å². The number of benzene rings is 6. The highest BCUT2D eigenvalue weighted by Crippen LogP contribution is 2.48. The second-order valence-corrected chi connectivity index (χ2v) is 39.2. The molecule has 0 aromatic heterocycles. The van der Waals surface area contributed by atoms with E-state index in [1.807, 2.05) is 0 Å². The van der Waals surface area contributed by atoms with E-state index in [9.17, 15) is 10.2 Å². The Kier molecular flexibility index (Phi) is 19.9. The largest absolute Gasteiger partial charge is 0.376 e. The van der Waals surface area contributed by atoms with Gasteiger partial charge < -0.3 is 10.2 Å². The molecule has 0 radical (unpaired) electrons. The van der Waals surface area contributed by atoms with E-state index < -0.39 is 11.2 Å². The van der Waals surface area contributed by atoms with Gasteiger partial charge in [-0.1, -0.05) is 358 Å². The maximum Gasteiger partial charge on any atom is 0.140 e. The molecule has 0 aliphatic carbocycles. The molecule has 2 heteroatoms. The highest BCUT2D eigenvalue weighted by Gasteiger charge is 2.42. The van der Waals surface area contributed by atoms with E-state index in [2.05, 4.69) is 358 Å². The van der Waals surface area contributed by atoms with Crippen LogP contribution >= 0.6 is 0 Å². The maximum atomic E-state index is 13.8. The number of hydrogen-bond acceptors (Lipinski definition) is 2. The van der Waals surface area contributed by atoms with E-state index in [-0.39, 0.29) is 65.0 Å². The van der Waals surface area contributed by atoms with Gasteiger partial charge in [-0.15, -0.1) is 0 Å². The van der Waals surface area contributed by atoms with Crippen LogP contribution < -0.4 is 0 Å². The van der Waals surface area contributed by atoms with E-state index in [0.717, 1.165) is 33.4 Å². The van der Waals surface area contributed by atoms with Gasteiger partial charge in [0.2, 0.25) is 0 Å². The van der Waals surface area contributed by atoms with Crippen LogP contribution in [0.5, 0.6) is 0 Å². The lowest BCUT2D eigenvalue weighted by Crippen LogP contribution is -2.33. The van der Waals surface area contributed by atoms with Crippen molar-refractivity contribution in [2.45, 2.75) is 325 Å². The van der Waals surface area contributed by atoms with Crippen molar-refractivity contribution in [3.05, 3.63) is 209 Å². The Morgan fingerprint density at radius 3 is 0.239 bits per heavy atom. The summed E-state index contributed by atoms with van der Waals surface area (Å²) in [5, 5.41) is 27.5. The molecule has 0 amide bonds. The number of aliphatic hydroxyl groups is 2. The van der Waals surface area contributed by atoms with Crippen molar-refractivity contribution in [1.29, 1.82) is 0 Å². The smallest absolute Gasteiger partial charge is 0.140 e. The summed E-state index contributed by atoms with van der Waals surface area (Å²) in [6, 6.07) is 41.4. The van der Waals surface area contributed by atoms with Crippen molar-refractivity contribution in [3.8, 4) is 0 Å². The quantitative estimate of drug-likeness (QED) is 0.163. The molecule has 6 rings (SSSR count). The zero-order valence-electron chi connectivity index (χ0n) is 63.3. The molecule has 0 saturated carbocycles. The van der Waals surface area contributed by atoms with Gasteiger partial charge in [-0.25, -0.2) is 0 Å². The van der Waals surface area contributed by atoms with Gasteiger partial charge in [0, 0.05) is 0 Å². The summed E-state index contributed by atoms with van der Waals surface area (Å²) in [6.45, 7) is 81.8. The first kappa shape index (κ1) is 74.0. The topological polar surface area (TPSA) is 40.5 Å². The molecule has 0 spiro atoms. The number of rotatable bonds is 6. The summed E-state index contributed by atoms with van der Waals surface area (Å²) in [7, 11) is 0. The van der Waals surface area contributed by atoms with Crippen LogP contribution in [0.1, 0.15) is 349 Å². The minimum absolute atomic E-state index is 0.0788. The highest BCUT2D eigenvalue weighted by molar-refractivity contribution is 5.58. The monoisotopic (exact) mass is 1190 g/mol. The zero-order chi connectivity index (χ0) is 68.1. The van der Waals surface area contributed by atoms with Gasteiger partial charge in [-0.3, -0.25) is 0 Å². The predicted molar refractivity (Wildman–Crippen MR) is 387 cm³/mol. The Balaban J connectivity index is 0.000000321. The first-order valence-corrected chi connectivity index (χ1v) is 33.3. The molecule has 0 unspecified atom stereocenters. The molecule has 2 N–H and O–H groups in total. The Labute approximate surface area is 542 Å². The highest BCUT2D eigenvalue weighted by atomic mass is 16.3. The van der Waals surface area contributed by atoms with Gasteiger partial charge in [0.25, 0.3) is 0 Å². The first-order valence-electron chi connectivity index (χ1n) is 33.3. The zero-order valence-corrected chi connectivity index (χ0v) is 63.3. The summed E-state index contributed by atoms with van der Waals surface area (Å²) in [4.78, 5) is 0. The third-order valence-electron chi connectivity index (χ3n) is 18.5. The minimum Gasteiger partial charge on any atom is -0.376 e. The van der Waals surface area contributed by atoms with Gasteiger partial charge in [0.05, 0.1) is 0 Å². The SMILES string of the molecule is CC(C)(C)c1cc(C(C)(C)C)cc(C(O)(c2cc(C(C)(C)C)cc(C(C)(C)C)c2)c2cc(C(C)(C)C)cc(C(C)(C)C)c2)c1.CC(C)(C)c1cc(C(C)(C)C)cc(C(O)(c2cc(C(C)(C)C)cc(C(C)(C)C)c2)c2cc(C(C)(C)C)cc(C(C)(C)C)c2)c1. The molecular weight excluding hydrogens is 1060 g/mol. The van der Waals surface area contributed by atoms with Crippen molar-refractivity contribution >= 4 is 0 Å². The molecule has 2 nitrogen and oxygen atoms in total. The van der Waals surface area contributed by atoms with Crippen LogP contribution in [0, 0.1) is 0 Å². The van der Waals surface area contributed by atoms with Crippen molar-refractivity contribution in [1.82, 2.24) is 0 Å². The molecule has 0 bridgehead atoms. The Morgan fingerprint density at radius 2 is 0.182 bits per heavy atom. The lowest BCUT2D eigenvalue weighted by molar-refractivity contribution is 0.124. The van der Waals surface area contributed by atoms with Gasteiger partial charge in [0.15, 0.2) is 0 Å². The Bertz CT molecular complexity index is 2650. The molecule has 6 aromatic rings. The van der Waals surface area contributed by atoms with Gasteiger partial charge in [0.1, 0.15) is 11.2 Å². The van der Waals surface area contributed by atoms with Crippen molar-refractivity contribution in [3.63, 3.8) is 0 Å². The fourth-order valence-corrected chi connectivity index (χ4v) is 11.2. The average Bonchev–Trinajstić information content (AvgIpc) is 1.30. The lowest BCUT2D eigenvalue weighted by atomic mass is 9.70. The van der Waals surface area contributed by atoms with E-state index in [0.29, 0.717) is 0 Å². The van der Waals surface area contributed by atoms with Crippen LogP contribution in [0.3, 0.4) is 0 Å². The van der Waals surface area contributed by atoms with Crippen molar-refractivity contribution in [2.75, 3.05) is 0 Å². The van der Waals surface area contributed by atoms with Crippen LogP contribution in [0.15, 0.2) is 109 Å². The average molecular weight is 1190 g/mol. The second kappa shape index (κ2) is 23.7. The molecule has 484 valence electrons. The van der Waals surface area contributed by atoms with Crippen LogP contribution in [0.25, 0.3) is 0 Å². The Hall–Kier alpha value is -4.76. The minimum atomic E-state index is -1.37. The van der Waals surface area contributed by atoms with E-state index in [4.69, 9.17) is 0 Å². The first-order chi connectivity index (χ1) is 38.9. The van der Waals surface area contributed by atoms with Crippen LogP contribution in [-0.4, -0.2) is 10.2 Å². The van der Waals surface area contributed by atoms with E-state index in [1.54, 1.807) is 0 Å². The summed E-state index contributed by atoms with van der Waals surface area (Å²) >= 11 is 0. The molecule has 0 aliphatic heterocycles. The van der Waals surface area contributed by atoms with Crippen molar-refractivity contribution < 1.29 is 10.2 Å². The van der Waals surface area contributed by atoms with Crippen LogP contribution in [-0.2, 0) is 76.2 Å². The van der Waals surface area contributed by atoms with E-state index in [1.165, 1.54) is 66.8 Å². The van der Waals surface area contributed by atoms with Gasteiger partial charge >= 0.3 is 0 Å². The van der Waals surface area contributed by atoms with E-state index >= 15 is 0 Å². The van der Waals surface area contributed by atoms with Gasteiger partial charge in [-0.05, 0) is 165 Å². The molecule has 0 atom stereocenters. The standard InChI is InChI=1S/2C43H64O/c2*1-37(2,3)28-19-29(38(4,5)6)23-34(22-28)43(44,35-24-30(39(7,8)9)20-31(25-35)40(10,11)12)36-26-32(41(13,14)15)21-33(27-36)42(16,17)18/h2*19-27,44H,1-18H3. The number of hydrogen-bond donors (Lipinski definition) is 2. The molecule has 0 heterocycles. The van der Waals surface area contributed by atoms with Gasteiger partial charge in [-0.2, -0.15) is 0 Å². The lowest BCUT2D eigenvalue weighted by Gasteiger charge is -2.37. The van der Waals surface area contributed by atoms with Crippen molar-refractivity contribution in [2.24, 2.45) is 0 Å². The predicted octanol–water partition coefficient (Wildman–Crippen LogP) is 23.5. The normalized spacial score (nSPS) is 14.2. The molecular formula is C86H128O2. The van der Waals surface area contributed by atoms with Crippen LogP contribution in [0.2, 0.25) is 0 Å². The fraction of sp³-hybridized carbons (Fsp3) is 0.581. The summed E-state index contributed by atoms with van der Waals surface area (Å²) in [6.07, 6.45) is 0. The second-order valence-electron chi connectivity index (χ2n) is 39.2. The summed E-state index contributed by atoms with van der Waals surface area (Å²) in [5.74, 6) is 0. The molecule has 0 aliphatic rings. The Morgan fingerprint density at radius 1 is 0.125 bits per heavy atom. The molecule has 6 aromatic carbocycles. The summed E-state index contributed by atoms with van der Waals surface area (Å²) < 4.78 is 0. The summed E-state index contributed by atoms with van der Waals surface area (Å²) in [5.41, 5.74) is 16.8. The third kappa shape index (κ3) is 17.0. The maximum absolute atomic E-state index is 13.8. The third-order valence-corrected chi connectivity index (χ3v) is 18.5. The fourth-order valence-electron chi connectivity index (χ4n) is 11.2. The molecule has 88 heavy (non-hydrogen) atoms. The molecule has 0 saturated heterocycles.